The third kappa shape index (κ3) is 6.02. The van der Waals surface area contributed by atoms with Gasteiger partial charge in [-0.05, 0) is 0 Å². The standard InChI is InChI=1S/2C5H3N6.Ni.2H2O/c2*1-2-7-4(3-6-1)5-8-10-11-9-5;;;/h2*1-3H;;2*1H2/q2*-1;+2;;/p+2. The van der Waals surface area contributed by atoms with Crippen molar-refractivity contribution in [1.82, 2.24) is 61.2 Å². The SMILES string of the molecule is [Ni+2].[OH3+].[OH3+].c1cnc(-c2nn[n-]n2)cn1.c1cnc(-c2nn[n-]n2)cn1. The Bertz CT molecular complexity index is 714. The van der Waals surface area contributed by atoms with Crippen molar-refractivity contribution in [3.8, 4) is 23.0 Å². The number of hydrogen-bond donors (Lipinski definition) is 0. The molecule has 0 atom stereocenters. The minimum absolute atomic E-state index is 0. The molecule has 0 aliphatic rings. The molecule has 25 heavy (non-hydrogen) atoms. The van der Waals surface area contributed by atoms with E-state index in [9.17, 15) is 0 Å². The molecule has 6 N–H and O–H groups in total. The summed E-state index contributed by atoms with van der Waals surface area (Å²) in [4.78, 5) is 15.6. The normalized spacial score (nSPS) is 8.64. The molecular formula is C10H12N12NiO2+2. The molecule has 0 saturated heterocycles. The quantitative estimate of drug-likeness (QED) is 0.242. The molecule has 0 bridgehead atoms. The number of hydrogen-bond acceptors (Lipinski definition) is 10. The zero-order chi connectivity index (χ0) is 15.0. The molecule has 4 rings (SSSR count). The van der Waals surface area contributed by atoms with E-state index in [-0.39, 0.29) is 27.4 Å². The maximum Gasteiger partial charge on any atom is 2.00 e. The number of nitrogens with zero attached hydrogens (tertiary/aromatic N) is 12. The molecule has 0 aromatic carbocycles. The van der Waals surface area contributed by atoms with Crippen LogP contribution in [0.4, 0.5) is 0 Å². The zero-order valence-corrected chi connectivity index (χ0v) is 13.3. The smallest absolute Gasteiger partial charge is 0.457 e. The summed E-state index contributed by atoms with van der Waals surface area (Å²) >= 11 is 0. The molecule has 132 valence electrons. The average molecular weight is 391 g/mol. The van der Waals surface area contributed by atoms with Crippen molar-refractivity contribution in [2.75, 3.05) is 0 Å². The van der Waals surface area contributed by atoms with Crippen LogP contribution in [0.5, 0.6) is 0 Å². The Balaban J connectivity index is 0.000000411. The first-order chi connectivity index (χ1) is 10.9. The molecule has 0 fully saturated rings. The van der Waals surface area contributed by atoms with Crippen LogP contribution in [0.15, 0.2) is 37.2 Å². The van der Waals surface area contributed by atoms with Gasteiger partial charge in [-0.15, -0.1) is 0 Å². The Morgan fingerprint density at radius 3 is 1.36 bits per heavy atom. The van der Waals surface area contributed by atoms with Crippen molar-refractivity contribution in [3.63, 3.8) is 0 Å². The Morgan fingerprint density at radius 1 is 0.640 bits per heavy atom. The predicted molar refractivity (Wildman–Crippen MR) is 78.1 cm³/mol. The summed E-state index contributed by atoms with van der Waals surface area (Å²) in [7, 11) is 0. The molecule has 15 heteroatoms. The van der Waals surface area contributed by atoms with Crippen LogP contribution < -0.4 is 10.4 Å². The van der Waals surface area contributed by atoms with E-state index in [4.69, 9.17) is 0 Å². The Morgan fingerprint density at radius 2 is 1.08 bits per heavy atom. The van der Waals surface area contributed by atoms with E-state index in [1.165, 1.54) is 0 Å². The van der Waals surface area contributed by atoms with Crippen LogP contribution in [-0.2, 0) is 27.4 Å². The first kappa shape index (κ1) is 21.7. The van der Waals surface area contributed by atoms with Gasteiger partial charge in [-0.3, -0.25) is 40.8 Å². The van der Waals surface area contributed by atoms with Gasteiger partial charge in [0.25, 0.3) is 0 Å². The summed E-state index contributed by atoms with van der Waals surface area (Å²) in [6.07, 6.45) is 9.38. The van der Waals surface area contributed by atoms with Gasteiger partial charge >= 0.3 is 16.5 Å². The first-order valence-electron chi connectivity index (χ1n) is 5.83. The van der Waals surface area contributed by atoms with E-state index < -0.39 is 0 Å². The third-order valence-corrected chi connectivity index (χ3v) is 2.22. The van der Waals surface area contributed by atoms with Crippen LogP contribution in [0.3, 0.4) is 0 Å². The van der Waals surface area contributed by atoms with Gasteiger partial charge in [0, 0.05) is 24.8 Å². The Kier molecular flexibility index (Phi) is 9.80. The molecular weight excluding hydrogens is 379 g/mol. The van der Waals surface area contributed by atoms with Gasteiger partial charge in [0.2, 0.25) is 0 Å². The van der Waals surface area contributed by atoms with Gasteiger partial charge in [0.1, 0.15) is 11.4 Å². The van der Waals surface area contributed by atoms with Crippen LogP contribution in [0.2, 0.25) is 0 Å². The summed E-state index contributed by atoms with van der Waals surface area (Å²) in [6.45, 7) is 0. The molecule has 4 heterocycles. The van der Waals surface area contributed by atoms with Gasteiger partial charge in [0.05, 0.1) is 24.0 Å². The van der Waals surface area contributed by atoms with Crippen molar-refractivity contribution in [2.24, 2.45) is 0 Å². The van der Waals surface area contributed by atoms with Crippen LogP contribution in [0.1, 0.15) is 0 Å². The number of rotatable bonds is 2. The van der Waals surface area contributed by atoms with Gasteiger partial charge in [-0.2, -0.15) is 0 Å². The molecule has 4 aromatic heterocycles. The second kappa shape index (κ2) is 11.3. The van der Waals surface area contributed by atoms with E-state index in [1.54, 1.807) is 37.2 Å². The van der Waals surface area contributed by atoms with Crippen molar-refractivity contribution in [2.45, 2.75) is 0 Å². The van der Waals surface area contributed by atoms with Crippen LogP contribution in [0, 0.1) is 0 Å². The van der Waals surface area contributed by atoms with E-state index in [2.05, 4.69) is 61.2 Å². The largest absolute Gasteiger partial charge is 2.00 e. The minimum atomic E-state index is 0. The molecule has 0 spiro atoms. The predicted octanol–water partition coefficient (Wildman–Crippen LogP) is -3.27. The van der Waals surface area contributed by atoms with Gasteiger partial charge in [-0.25, -0.2) is 10.2 Å². The fourth-order valence-corrected chi connectivity index (χ4v) is 1.32. The molecule has 0 amide bonds. The second-order valence-electron chi connectivity index (χ2n) is 3.59. The van der Waals surface area contributed by atoms with Crippen LogP contribution in [0.25, 0.3) is 23.0 Å². The van der Waals surface area contributed by atoms with Crippen LogP contribution in [-0.4, -0.2) is 50.8 Å². The number of aromatic nitrogens is 12. The van der Waals surface area contributed by atoms with Gasteiger partial charge in [0.15, 0.2) is 0 Å². The van der Waals surface area contributed by atoms with E-state index >= 15 is 0 Å². The van der Waals surface area contributed by atoms with Crippen molar-refractivity contribution in [1.29, 1.82) is 0 Å². The van der Waals surface area contributed by atoms with Crippen molar-refractivity contribution < 1.29 is 27.4 Å². The van der Waals surface area contributed by atoms with Gasteiger partial charge in [-0.1, -0.05) is 0 Å². The molecule has 0 unspecified atom stereocenters. The zero-order valence-electron chi connectivity index (χ0n) is 12.3. The molecule has 14 nitrogen and oxygen atoms in total. The molecule has 0 saturated carbocycles. The minimum Gasteiger partial charge on any atom is -0.457 e. The Labute approximate surface area is 149 Å². The maximum absolute atomic E-state index is 3.95. The van der Waals surface area contributed by atoms with E-state index in [0.29, 0.717) is 23.0 Å². The van der Waals surface area contributed by atoms with E-state index in [1.807, 2.05) is 0 Å². The molecule has 0 aliphatic carbocycles. The maximum atomic E-state index is 3.95. The Hall–Kier alpha value is -3.29. The van der Waals surface area contributed by atoms with Crippen molar-refractivity contribution in [3.05, 3.63) is 37.2 Å². The van der Waals surface area contributed by atoms with E-state index in [0.717, 1.165) is 0 Å². The van der Waals surface area contributed by atoms with Crippen molar-refractivity contribution >= 4 is 0 Å². The summed E-state index contributed by atoms with van der Waals surface area (Å²) in [6, 6.07) is 0. The second-order valence-corrected chi connectivity index (χ2v) is 3.59. The monoisotopic (exact) mass is 390 g/mol. The summed E-state index contributed by atoms with van der Waals surface area (Å²) in [5, 5.41) is 27.7. The summed E-state index contributed by atoms with van der Waals surface area (Å²) in [5.74, 6) is 0.802. The first-order valence-corrected chi connectivity index (χ1v) is 5.83. The number of tetrazole rings is 2. The fraction of sp³-hybridized carbons (Fsp3) is 0. The summed E-state index contributed by atoms with van der Waals surface area (Å²) < 4.78 is 0. The molecule has 4 aromatic rings. The summed E-state index contributed by atoms with van der Waals surface area (Å²) in [5.41, 5.74) is 1.16. The molecule has 0 radical (unpaired) electrons. The van der Waals surface area contributed by atoms with Crippen LogP contribution >= 0.6 is 0 Å². The average Bonchev–Trinajstić information content (AvgIpc) is 3.31. The fourth-order valence-electron chi connectivity index (χ4n) is 1.32. The topological polar surface area (TPSA) is 223 Å². The molecule has 0 aliphatic heterocycles. The van der Waals surface area contributed by atoms with Gasteiger partial charge < -0.3 is 21.1 Å². The third-order valence-electron chi connectivity index (χ3n) is 2.22.